The maximum atomic E-state index is 12.2. The van der Waals surface area contributed by atoms with Crippen molar-refractivity contribution in [3.63, 3.8) is 0 Å². The van der Waals surface area contributed by atoms with Crippen LogP contribution >= 0.6 is 11.3 Å². The van der Waals surface area contributed by atoms with E-state index in [0.717, 1.165) is 37.2 Å². The number of hydrogen-bond acceptors (Lipinski definition) is 4. The van der Waals surface area contributed by atoms with Crippen LogP contribution in [0.5, 0.6) is 0 Å². The van der Waals surface area contributed by atoms with Crippen molar-refractivity contribution in [1.29, 1.82) is 0 Å². The molecule has 1 aromatic rings. The standard InChI is InChI=1S/C14H26N2O2S2/c1-4-9-15-11-13-7-8-14(19-13)20(17,18)16-10-12(5-2)6-3/h7-8,12,15-16H,4-6,9-11H2,1-3H3. The number of thiophene rings is 1. The summed E-state index contributed by atoms with van der Waals surface area (Å²) < 4.78 is 27.5. The lowest BCUT2D eigenvalue weighted by Crippen LogP contribution is -2.28. The predicted octanol–water partition coefficient (Wildman–Crippen LogP) is 2.96. The lowest BCUT2D eigenvalue weighted by Gasteiger charge is -2.12. The van der Waals surface area contributed by atoms with Gasteiger partial charge in [-0.2, -0.15) is 0 Å². The van der Waals surface area contributed by atoms with Crippen molar-refractivity contribution in [3.8, 4) is 0 Å². The zero-order valence-corrected chi connectivity index (χ0v) is 14.2. The van der Waals surface area contributed by atoms with Crippen LogP contribution < -0.4 is 10.0 Å². The molecular weight excluding hydrogens is 292 g/mol. The van der Waals surface area contributed by atoms with Gasteiger partial charge in [-0.25, -0.2) is 13.1 Å². The highest BCUT2D eigenvalue weighted by atomic mass is 32.2. The van der Waals surface area contributed by atoms with Crippen LogP contribution in [0.3, 0.4) is 0 Å². The second-order valence-corrected chi connectivity index (χ2v) is 8.09. The minimum absolute atomic E-state index is 0.412. The van der Waals surface area contributed by atoms with Gasteiger partial charge in [0.2, 0.25) is 10.0 Å². The first-order valence-electron chi connectivity index (χ1n) is 7.32. The molecule has 0 fully saturated rings. The maximum absolute atomic E-state index is 12.2. The van der Waals surface area contributed by atoms with Gasteiger partial charge in [0.1, 0.15) is 4.21 Å². The summed E-state index contributed by atoms with van der Waals surface area (Å²) in [5.74, 6) is 0.412. The summed E-state index contributed by atoms with van der Waals surface area (Å²) in [6.07, 6.45) is 3.07. The third kappa shape index (κ3) is 5.52. The molecule has 0 aliphatic heterocycles. The minimum atomic E-state index is -3.34. The number of hydrogen-bond donors (Lipinski definition) is 2. The quantitative estimate of drug-likeness (QED) is 0.652. The van der Waals surface area contributed by atoms with Crippen molar-refractivity contribution in [3.05, 3.63) is 17.0 Å². The zero-order valence-electron chi connectivity index (χ0n) is 12.6. The molecule has 0 atom stereocenters. The lowest BCUT2D eigenvalue weighted by molar-refractivity contribution is 0.479. The van der Waals surface area contributed by atoms with Crippen LogP contribution in [0, 0.1) is 5.92 Å². The highest BCUT2D eigenvalue weighted by Gasteiger charge is 2.17. The third-order valence-corrected chi connectivity index (χ3v) is 6.35. The average molecular weight is 319 g/mol. The van der Waals surface area contributed by atoms with Crippen molar-refractivity contribution in [2.24, 2.45) is 5.92 Å². The molecule has 0 amide bonds. The fraction of sp³-hybridized carbons (Fsp3) is 0.714. The van der Waals surface area contributed by atoms with Gasteiger partial charge in [-0.05, 0) is 31.0 Å². The molecule has 0 radical (unpaired) electrons. The first kappa shape index (κ1) is 17.6. The summed E-state index contributed by atoms with van der Waals surface area (Å²) in [5.41, 5.74) is 0. The third-order valence-electron chi connectivity index (χ3n) is 3.34. The molecule has 1 aromatic heterocycles. The summed E-state index contributed by atoms with van der Waals surface area (Å²) in [7, 11) is -3.34. The van der Waals surface area contributed by atoms with Gasteiger partial charge in [-0.3, -0.25) is 0 Å². The fourth-order valence-electron chi connectivity index (χ4n) is 1.86. The lowest BCUT2D eigenvalue weighted by atomic mass is 10.0. The predicted molar refractivity (Wildman–Crippen MR) is 85.6 cm³/mol. The van der Waals surface area contributed by atoms with E-state index in [1.54, 1.807) is 6.07 Å². The Kier molecular flexibility index (Phi) is 7.72. The number of sulfonamides is 1. The van der Waals surface area contributed by atoms with Crippen LogP contribution in [0.4, 0.5) is 0 Å². The molecule has 0 bridgehead atoms. The van der Waals surface area contributed by atoms with Gasteiger partial charge < -0.3 is 5.32 Å². The van der Waals surface area contributed by atoms with Crippen LogP contribution in [-0.4, -0.2) is 21.5 Å². The van der Waals surface area contributed by atoms with E-state index in [4.69, 9.17) is 0 Å². The van der Waals surface area contributed by atoms with Crippen LogP contribution in [0.25, 0.3) is 0 Å². The summed E-state index contributed by atoms with van der Waals surface area (Å²) in [4.78, 5) is 1.06. The van der Waals surface area contributed by atoms with Crippen molar-refractivity contribution in [2.45, 2.75) is 50.8 Å². The van der Waals surface area contributed by atoms with Gasteiger partial charge in [0.05, 0.1) is 0 Å². The summed E-state index contributed by atoms with van der Waals surface area (Å²) >= 11 is 1.34. The van der Waals surface area contributed by atoms with E-state index in [-0.39, 0.29) is 0 Å². The second-order valence-electron chi connectivity index (χ2n) is 4.93. The zero-order chi connectivity index (χ0) is 15.0. The molecule has 0 aliphatic carbocycles. The van der Waals surface area contributed by atoms with Gasteiger partial charge in [-0.1, -0.05) is 33.6 Å². The summed E-state index contributed by atoms with van der Waals surface area (Å²) in [6, 6.07) is 3.59. The average Bonchev–Trinajstić information content (AvgIpc) is 2.90. The van der Waals surface area contributed by atoms with E-state index in [0.29, 0.717) is 16.7 Å². The molecular formula is C14H26N2O2S2. The van der Waals surface area contributed by atoms with Gasteiger partial charge in [0.25, 0.3) is 0 Å². The monoisotopic (exact) mass is 318 g/mol. The van der Waals surface area contributed by atoms with Crippen LogP contribution in [0.15, 0.2) is 16.3 Å². The normalized spacial score (nSPS) is 12.2. The van der Waals surface area contributed by atoms with Gasteiger partial charge in [-0.15, -0.1) is 11.3 Å². The van der Waals surface area contributed by atoms with E-state index >= 15 is 0 Å². The molecule has 0 unspecified atom stereocenters. The Hall–Kier alpha value is -0.430. The maximum Gasteiger partial charge on any atom is 0.250 e. The van der Waals surface area contributed by atoms with E-state index in [9.17, 15) is 8.42 Å². The number of rotatable bonds is 10. The molecule has 20 heavy (non-hydrogen) atoms. The van der Waals surface area contributed by atoms with Crippen molar-refractivity contribution < 1.29 is 8.42 Å². The molecule has 0 spiro atoms. The van der Waals surface area contributed by atoms with Crippen molar-refractivity contribution in [1.82, 2.24) is 10.0 Å². The summed E-state index contributed by atoms with van der Waals surface area (Å²) in [5, 5.41) is 3.28. The van der Waals surface area contributed by atoms with Gasteiger partial charge >= 0.3 is 0 Å². The van der Waals surface area contributed by atoms with Gasteiger partial charge in [0.15, 0.2) is 0 Å². The first-order chi connectivity index (χ1) is 9.53. The molecule has 116 valence electrons. The molecule has 1 heterocycles. The Morgan fingerprint density at radius 3 is 2.50 bits per heavy atom. The molecule has 4 nitrogen and oxygen atoms in total. The molecule has 0 aliphatic rings. The molecule has 6 heteroatoms. The van der Waals surface area contributed by atoms with Crippen molar-refractivity contribution in [2.75, 3.05) is 13.1 Å². The van der Waals surface area contributed by atoms with Gasteiger partial charge in [0, 0.05) is 18.0 Å². The molecule has 2 N–H and O–H groups in total. The van der Waals surface area contributed by atoms with Crippen LogP contribution in [0.2, 0.25) is 0 Å². The minimum Gasteiger partial charge on any atom is -0.312 e. The fourth-order valence-corrected chi connectivity index (χ4v) is 4.35. The topological polar surface area (TPSA) is 58.2 Å². The highest BCUT2D eigenvalue weighted by molar-refractivity contribution is 7.91. The van der Waals surface area contributed by atoms with Crippen molar-refractivity contribution >= 4 is 21.4 Å². The van der Waals surface area contributed by atoms with E-state index in [1.807, 2.05) is 6.07 Å². The SMILES string of the molecule is CCCNCc1ccc(S(=O)(=O)NCC(CC)CC)s1. The largest absolute Gasteiger partial charge is 0.312 e. The Bertz CT molecular complexity index is 479. The Morgan fingerprint density at radius 2 is 1.90 bits per heavy atom. The Balaban J connectivity index is 2.59. The Morgan fingerprint density at radius 1 is 1.20 bits per heavy atom. The highest BCUT2D eigenvalue weighted by Crippen LogP contribution is 2.21. The second kappa shape index (κ2) is 8.77. The first-order valence-corrected chi connectivity index (χ1v) is 9.62. The molecule has 0 aromatic carbocycles. The van der Waals surface area contributed by atoms with Crippen LogP contribution in [-0.2, 0) is 16.6 Å². The molecule has 1 rings (SSSR count). The molecule has 0 saturated heterocycles. The van der Waals surface area contributed by atoms with E-state index in [1.165, 1.54) is 11.3 Å². The van der Waals surface area contributed by atoms with E-state index in [2.05, 4.69) is 30.8 Å². The van der Waals surface area contributed by atoms with Crippen LogP contribution in [0.1, 0.15) is 44.9 Å². The van der Waals surface area contributed by atoms with E-state index < -0.39 is 10.0 Å². The molecule has 0 saturated carbocycles. The smallest absolute Gasteiger partial charge is 0.250 e. The summed E-state index contributed by atoms with van der Waals surface area (Å²) in [6.45, 7) is 8.50. The number of nitrogens with one attached hydrogen (secondary N) is 2. The Labute approximate surface area is 127 Å².